The third-order valence-corrected chi connectivity index (χ3v) is 5.85. The minimum absolute atomic E-state index is 0.138. The average molecular weight is 507 g/mol. The molecule has 0 spiro atoms. The SMILES string of the molecule is Cn1c(CNc2ccc(C(=N)N)cc2F)nc2cc(C(=O)N(CCC(=O)O)c3cccc(F)c3)ccc21. The summed E-state index contributed by atoms with van der Waals surface area (Å²) in [4.78, 5) is 30.2. The maximum atomic E-state index is 14.4. The van der Waals surface area contributed by atoms with Crippen LogP contribution in [0.1, 0.15) is 28.2 Å². The van der Waals surface area contributed by atoms with E-state index in [2.05, 4.69) is 10.3 Å². The van der Waals surface area contributed by atoms with Crippen LogP contribution in [0.25, 0.3) is 11.0 Å². The van der Waals surface area contributed by atoms with Crippen molar-refractivity contribution in [3.8, 4) is 0 Å². The quantitative estimate of drug-likeness (QED) is 0.201. The van der Waals surface area contributed by atoms with Crippen molar-refractivity contribution in [2.45, 2.75) is 13.0 Å². The van der Waals surface area contributed by atoms with E-state index in [1.807, 2.05) is 0 Å². The van der Waals surface area contributed by atoms with Gasteiger partial charge < -0.3 is 25.6 Å². The number of carboxylic acids is 1. The first-order valence-corrected chi connectivity index (χ1v) is 11.3. The van der Waals surface area contributed by atoms with Crippen molar-refractivity contribution in [3.05, 3.63) is 89.2 Å². The highest BCUT2D eigenvalue weighted by atomic mass is 19.1. The molecular formula is C26H24F2N6O3. The molecule has 1 aromatic heterocycles. The monoisotopic (exact) mass is 506 g/mol. The molecular weight excluding hydrogens is 482 g/mol. The number of rotatable bonds is 9. The number of carbonyl (C=O) groups is 2. The molecule has 0 saturated heterocycles. The molecule has 1 heterocycles. The lowest BCUT2D eigenvalue weighted by atomic mass is 10.1. The topological polar surface area (TPSA) is 137 Å². The molecule has 5 N–H and O–H groups in total. The minimum Gasteiger partial charge on any atom is -0.481 e. The predicted octanol–water partition coefficient (Wildman–Crippen LogP) is 3.87. The number of amidine groups is 1. The molecule has 190 valence electrons. The number of aliphatic carboxylic acids is 1. The van der Waals surface area contributed by atoms with Gasteiger partial charge in [0.25, 0.3) is 5.91 Å². The van der Waals surface area contributed by atoms with Crippen molar-refractivity contribution in [2.24, 2.45) is 12.8 Å². The second-order valence-electron chi connectivity index (χ2n) is 8.33. The predicted molar refractivity (Wildman–Crippen MR) is 136 cm³/mol. The third kappa shape index (κ3) is 5.56. The number of fused-ring (bicyclic) bond motifs is 1. The first-order chi connectivity index (χ1) is 17.6. The number of hydrogen-bond donors (Lipinski definition) is 4. The number of amides is 1. The second kappa shape index (κ2) is 10.4. The highest BCUT2D eigenvalue weighted by Crippen LogP contribution is 2.23. The standard InChI is InChI=1S/C26H24F2N6O3/c1-33-22-8-6-16(26(37)34(10-9-24(35)36)18-4-2-3-17(27)13-18)12-21(22)32-23(33)14-31-20-7-5-15(25(29)30)11-19(20)28/h2-8,11-13,31H,9-10,14H2,1H3,(H3,29,30)(H,35,36). The summed E-state index contributed by atoms with van der Waals surface area (Å²) >= 11 is 0. The van der Waals surface area contributed by atoms with E-state index >= 15 is 0 Å². The van der Waals surface area contributed by atoms with Gasteiger partial charge in [0.05, 0.1) is 29.7 Å². The maximum absolute atomic E-state index is 14.4. The van der Waals surface area contributed by atoms with Gasteiger partial charge in [-0.3, -0.25) is 15.0 Å². The van der Waals surface area contributed by atoms with Crippen LogP contribution in [0.4, 0.5) is 20.2 Å². The Balaban J connectivity index is 1.59. The van der Waals surface area contributed by atoms with Crippen molar-refractivity contribution in [1.82, 2.24) is 9.55 Å². The fraction of sp³-hybridized carbons (Fsp3) is 0.154. The van der Waals surface area contributed by atoms with Crippen LogP contribution < -0.4 is 16.0 Å². The van der Waals surface area contributed by atoms with E-state index in [4.69, 9.17) is 16.2 Å². The van der Waals surface area contributed by atoms with Gasteiger partial charge in [0, 0.05) is 30.4 Å². The zero-order valence-corrected chi connectivity index (χ0v) is 19.8. The summed E-state index contributed by atoms with van der Waals surface area (Å²) in [6, 6.07) is 14.5. The molecule has 9 nitrogen and oxygen atoms in total. The van der Waals surface area contributed by atoms with Crippen molar-refractivity contribution >= 4 is 40.1 Å². The smallest absolute Gasteiger partial charge is 0.305 e. The Morgan fingerprint density at radius 2 is 1.86 bits per heavy atom. The van der Waals surface area contributed by atoms with E-state index in [-0.39, 0.29) is 47.8 Å². The van der Waals surface area contributed by atoms with Gasteiger partial charge in [-0.1, -0.05) is 6.07 Å². The molecule has 0 saturated carbocycles. The lowest BCUT2D eigenvalue weighted by Gasteiger charge is -2.22. The number of nitrogens with zero attached hydrogens (tertiary/aromatic N) is 3. The van der Waals surface area contributed by atoms with Crippen molar-refractivity contribution < 1.29 is 23.5 Å². The van der Waals surface area contributed by atoms with E-state index in [0.717, 1.165) is 5.52 Å². The lowest BCUT2D eigenvalue weighted by molar-refractivity contribution is -0.136. The molecule has 1 amide bonds. The molecule has 0 aliphatic carbocycles. The van der Waals surface area contributed by atoms with E-state index in [1.165, 1.54) is 47.4 Å². The molecule has 4 aromatic rings. The van der Waals surface area contributed by atoms with Crippen LogP contribution in [0.3, 0.4) is 0 Å². The number of benzene rings is 3. The molecule has 0 unspecified atom stereocenters. The van der Waals surface area contributed by atoms with Crippen LogP contribution in [0.2, 0.25) is 0 Å². The number of halogens is 2. The number of imidazole rings is 1. The Morgan fingerprint density at radius 1 is 1.11 bits per heavy atom. The number of nitrogen functional groups attached to an aromatic ring is 1. The van der Waals surface area contributed by atoms with Crippen LogP contribution in [-0.2, 0) is 18.4 Å². The summed E-state index contributed by atoms with van der Waals surface area (Å²) in [6.07, 6.45) is -0.312. The lowest BCUT2D eigenvalue weighted by Crippen LogP contribution is -2.33. The summed E-state index contributed by atoms with van der Waals surface area (Å²) in [7, 11) is 1.79. The molecule has 3 aromatic carbocycles. The fourth-order valence-corrected chi connectivity index (χ4v) is 3.90. The Kier molecular flexibility index (Phi) is 7.14. The molecule has 0 aliphatic rings. The third-order valence-electron chi connectivity index (χ3n) is 5.85. The van der Waals surface area contributed by atoms with Crippen LogP contribution in [0.5, 0.6) is 0 Å². The number of carboxylic acid groups (broad SMARTS) is 1. The number of nitrogens with one attached hydrogen (secondary N) is 2. The summed E-state index contributed by atoms with van der Waals surface area (Å²) in [5.41, 5.74) is 7.63. The molecule has 0 atom stereocenters. The van der Waals surface area contributed by atoms with Crippen LogP contribution in [0, 0.1) is 17.0 Å². The molecule has 0 radical (unpaired) electrons. The van der Waals surface area contributed by atoms with E-state index < -0.39 is 23.5 Å². The molecule has 11 heteroatoms. The average Bonchev–Trinajstić information content (AvgIpc) is 3.17. The summed E-state index contributed by atoms with van der Waals surface area (Å²) in [5, 5.41) is 19.5. The summed E-state index contributed by atoms with van der Waals surface area (Å²) < 4.78 is 30.0. The van der Waals surface area contributed by atoms with Crippen LogP contribution in [-0.4, -0.2) is 38.9 Å². The highest BCUT2D eigenvalue weighted by molar-refractivity contribution is 6.07. The number of carbonyl (C=O) groups excluding carboxylic acids is 1. The Bertz CT molecular complexity index is 1520. The number of hydrogen-bond acceptors (Lipinski definition) is 5. The molecule has 4 rings (SSSR count). The highest BCUT2D eigenvalue weighted by Gasteiger charge is 2.21. The van der Waals surface area contributed by atoms with E-state index in [1.54, 1.807) is 29.8 Å². The molecule has 0 fully saturated rings. The first-order valence-electron chi connectivity index (χ1n) is 11.3. The number of anilines is 2. The zero-order valence-electron chi connectivity index (χ0n) is 19.8. The van der Waals surface area contributed by atoms with Gasteiger partial charge in [-0.15, -0.1) is 0 Å². The van der Waals surface area contributed by atoms with Gasteiger partial charge in [0.2, 0.25) is 0 Å². The van der Waals surface area contributed by atoms with Gasteiger partial charge in [0.1, 0.15) is 23.3 Å². The first kappa shape index (κ1) is 25.3. The number of nitrogens with two attached hydrogens (primary N) is 1. The fourth-order valence-electron chi connectivity index (χ4n) is 3.90. The van der Waals surface area contributed by atoms with Crippen LogP contribution >= 0.6 is 0 Å². The van der Waals surface area contributed by atoms with Crippen LogP contribution in [0.15, 0.2) is 60.7 Å². The zero-order chi connectivity index (χ0) is 26.7. The van der Waals surface area contributed by atoms with Gasteiger partial charge >= 0.3 is 5.97 Å². The van der Waals surface area contributed by atoms with Gasteiger partial charge in [-0.05, 0) is 54.6 Å². The van der Waals surface area contributed by atoms with E-state index in [0.29, 0.717) is 11.3 Å². The van der Waals surface area contributed by atoms with Gasteiger partial charge in [-0.2, -0.15) is 0 Å². The van der Waals surface area contributed by atoms with Crippen molar-refractivity contribution in [1.29, 1.82) is 5.41 Å². The van der Waals surface area contributed by atoms with Crippen molar-refractivity contribution in [2.75, 3.05) is 16.8 Å². The maximum Gasteiger partial charge on any atom is 0.305 e. The van der Waals surface area contributed by atoms with Gasteiger partial charge in [0.15, 0.2) is 0 Å². The van der Waals surface area contributed by atoms with Gasteiger partial charge in [-0.25, -0.2) is 13.8 Å². The molecule has 37 heavy (non-hydrogen) atoms. The Labute approximate surface area is 210 Å². The largest absolute Gasteiger partial charge is 0.481 e. The Morgan fingerprint density at radius 3 is 2.54 bits per heavy atom. The molecule has 0 aliphatic heterocycles. The Hall–Kier alpha value is -4.80. The summed E-state index contributed by atoms with van der Waals surface area (Å²) in [6.45, 7) is 0.0415. The number of aryl methyl sites for hydroxylation is 1. The summed E-state index contributed by atoms with van der Waals surface area (Å²) in [5.74, 6) is -2.34. The van der Waals surface area contributed by atoms with Crippen molar-refractivity contribution in [3.63, 3.8) is 0 Å². The minimum atomic E-state index is -1.08. The molecule has 0 bridgehead atoms. The normalized spacial score (nSPS) is 10.9. The second-order valence-corrected chi connectivity index (χ2v) is 8.33. The van der Waals surface area contributed by atoms with E-state index in [9.17, 15) is 18.4 Å². The number of aromatic nitrogens is 2.